The number of rotatable bonds is 4. The molecule has 0 aliphatic heterocycles. The fourth-order valence-corrected chi connectivity index (χ4v) is 2.05. The van der Waals surface area contributed by atoms with Gasteiger partial charge in [-0.3, -0.25) is 0 Å². The Kier molecular flexibility index (Phi) is 4.56. The monoisotopic (exact) mass is 285 g/mol. The first kappa shape index (κ1) is 15.0. The molecule has 0 heterocycles. The molecule has 0 fully saturated rings. The Balaban J connectivity index is 2.13. The van der Waals surface area contributed by atoms with Crippen LogP contribution in [-0.2, 0) is 6.61 Å². The van der Waals surface area contributed by atoms with Crippen molar-refractivity contribution in [3.63, 3.8) is 0 Å². The summed E-state index contributed by atoms with van der Waals surface area (Å²) in [6.45, 7) is 3.76. The lowest BCUT2D eigenvalue weighted by atomic mass is 10.1. The van der Waals surface area contributed by atoms with Gasteiger partial charge in [0.25, 0.3) is 0 Å². The van der Waals surface area contributed by atoms with Gasteiger partial charge in [0.1, 0.15) is 18.2 Å². The van der Waals surface area contributed by atoms with E-state index in [2.05, 4.69) is 0 Å². The fraction of sp³-hybridized carbons (Fsp3) is 0.235. The van der Waals surface area contributed by atoms with Crippen LogP contribution in [0.25, 0.3) is 0 Å². The summed E-state index contributed by atoms with van der Waals surface area (Å²) in [5, 5.41) is 18.3. The standard InChI is InChI=1S/C17H16FNO2/c1-11-5-15(12(2)20)3-4-17(11)21-10-14-6-13(9-19)7-16(18)8-14/h3-8,12,20H,10H2,1-2H3/t12-/m1/s1. The number of hydrogen-bond acceptors (Lipinski definition) is 3. The van der Waals surface area contributed by atoms with E-state index in [0.29, 0.717) is 11.3 Å². The van der Waals surface area contributed by atoms with Crippen molar-refractivity contribution in [2.45, 2.75) is 26.6 Å². The van der Waals surface area contributed by atoms with Gasteiger partial charge in [0.2, 0.25) is 0 Å². The number of nitriles is 1. The minimum atomic E-state index is -0.529. The van der Waals surface area contributed by atoms with Crippen molar-refractivity contribution in [1.82, 2.24) is 0 Å². The average Bonchev–Trinajstić information content (AvgIpc) is 2.45. The number of hydrogen-bond donors (Lipinski definition) is 1. The summed E-state index contributed by atoms with van der Waals surface area (Å²) >= 11 is 0. The van der Waals surface area contributed by atoms with Crippen molar-refractivity contribution in [1.29, 1.82) is 5.26 Å². The molecule has 3 nitrogen and oxygen atoms in total. The zero-order valence-electron chi connectivity index (χ0n) is 11.9. The van der Waals surface area contributed by atoms with Gasteiger partial charge in [-0.2, -0.15) is 5.26 Å². The maximum Gasteiger partial charge on any atom is 0.124 e. The van der Waals surface area contributed by atoms with Crippen molar-refractivity contribution >= 4 is 0 Å². The molecule has 0 aliphatic carbocycles. The Labute approximate surface area is 123 Å². The van der Waals surface area contributed by atoms with Crippen molar-refractivity contribution in [3.05, 3.63) is 64.5 Å². The second-order valence-corrected chi connectivity index (χ2v) is 4.95. The van der Waals surface area contributed by atoms with E-state index in [9.17, 15) is 9.50 Å². The molecule has 0 amide bonds. The molecule has 2 aromatic rings. The molecule has 108 valence electrons. The van der Waals surface area contributed by atoms with Crippen LogP contribution in [0.1, 0.15) is 35.3 Å². The molecule has 2 rings (SSSR count). The number of aliphatic hydroxyl groups excluding tert-OH is 1. The lowest BCUT2D eigenvalue weighted by Crippen LogP contribution is -2.00. The molecule has 0 saturated heterocycles. The number of ether oxygens (including phenoxy) is 1. The van der Waals surface area contributed by atoms with Crippen LogP contribution in [0, 0.1) is 24.1 Å². The summed E-state index contributed by atoms with van der Waals surface area (Å²) in [5.74, 6) is 0.219. The maximum absolute atomic E-state index is 13.3. The van der Waals surface area contributed by atoms with Gasteiger partial charge in [-0.25, -0.2) is 4.39 Å². The van der Waals surface area contributed by atoms with Crippen molar-refractivity contribution in [3.8, 4) is 11.8 Å². The molecule has 0 saturated carbocycles. The third-order valence-electron chi connectivity index (χ3n) is 3.16. The van der Waals surface area contributed by atoms with Crippen LogP contribution in [0.15, 0.2) is 36.4 Å². The van der Waals surface area contributed by atoms with Gasteiger partial charge in [-0.05, 0) is 60.9 Å². The first-order valence-corrected chi connectivity index (χ1v) is 6.60. The molecule has 0 bridgehead atoms. The molecule has 1 atom stereocenters. The van der Waals surface area contributed by atoms with Crippen molar-refractivity contribution in [2.24, 2.45) is 0 Å². The molecular weight excluding hydrogens is 269 g/mol. The number of aryl methyl sites for hydroxylation is 1. The highest BCUT2D eigenvalue weighted by Crippen LogP contribution is 2.23. The van der Waals surface area contributed by atoms with E-state index in [0.717, 1.165) is 11.1 Å². The summed E-state index contributed by atoms with van der Waals surface area (Å²) in [4.78, 5) is 0. The normalized spacial score (nSPS) is 11.8. The summed E-state index contributed by atoms with van der Waals surface area (Å²) in [6, 6.07) is 11.5. The highest BCUT2D eigenvalue weighted by atomic mass is 19.1. The first-order valence-electron chi connectivity index (χ1n) is 6.60. The quantitative estimate of drug-likeness (QED) is 0.933. The van der Waals surface area contributed by atoms with Crippen LogP contribution in [0.3, 0.4) is 0 Å². The lowest BCUT2D eigenvalue weighted by molar-refractivity contribution is 0.199. The summed E-state index contributed by atoms with van der Waals surface area (Å²) < 4.78 is 19.0. The molecule has 0 unspecified atom stereocenters. The second kappa shape index (κ2) is 6.38. The van der Waals surface area contributed by atoms with Gasteiger partial charge in [0, 0.05) is 0 Å². The SMILES string of the molecule is Cc1cc([C@@H](C)O)ccc1OCc1cc(F)cc(C#N)c1. The number of nitrogens with zero attached hydrogens (tertiary/aromatic N) is 1. The molecule has 0 aliphatic rings. The summed E-state index contributed by atoms with van der Waals surface area (Å²) in [6.07, 6.45) is -0.529. The molecule has 4 heteroatoms. The summed E-state index contributed by atoms with van der Waals surface area (Å²) in [7, 11) is 0. The third kappa shape index (κ3) is 3.80. The van der Waals surface area contributed by atoms with Crippen LogP contribution >= 0.6 is 0 Å². The van der Waals surface area contributed by atoms with E-state index in [1.165, 1.54) is 12.1 Å². The Morgan fingerprint density at radius 3 is 2.67 bits per heavy atom. The van der Waals surface area contributed by atoms with Crippen LogP contribution in [0.4, 0.5) is 4.39 Å². The van der Waals surface area contributed by atoms with E-state index >= 15 is 0 Å². The average molecular weight is 285 g/mol. The number of benzene rings is 2. The zero-order valence-corrected chi connectivity index (χ0v) is 11.9. The third-order valence-corrected chi connectivity index (χ3v) is 3.16. The van der Waals surface area contributed by atoms with Crippen molar-refractivity contribution in [2.75, 3.05) is 0 Å². The first-order chi connectivity index (χ1) is 9.99. The smallest absolute Gasteiger partial charge is 0.124 e. The van der Waals surface area contributed by atoms with E-state index in [1.807, 2.05) is 19.1 Å². The van der Waals surface area contributed by atoms with Crippen LogP contribution in [-0.4, -0.2) is 5.11 Å². The Bertz CT molecular complexity index is 690. The van der Waals surface area contributed by atoms with E-state index < -0.39 is 11.9 Å². The highest BCUT2D eigenvalue weighted by molar-refractivity contribution is 5.38. The van der Waals surface area contributed by atoms with Crippen LogP contribution < -0.4 is 4.74 Å². The van der Waals surface area contributed by atoms with Crippen LogP contribution in [0.2, 0.25) is 0 Å². The molecule has 2 aromatic carbocycles. The van der Waals surface area contributed by atoms with Crippen LogP contribution in [0.5, 0.6) is 5.75 Å². The maximum atomic E-state index is 13.3. The molecule has 0 spiro atoms. The van der Waals surface area contributed by atoms with Gasteiger partial charge in [0.05, 0.1) is 17.7 Å². The Hall–Kier alpha value is -2.38. The largest absolute Gasteiger partial charge is 0.489 e. The van der Waals surface area contributed by atoms with E-state index in [4.69, 9.17) is 10.00 Å². The van der Waals surface area contributed by atoms with E-state index in [-0.39, 0.29) is 12.2 Å². The van der Waals surface area contributed by atoms with Gasteiger partial charge in [0.15, 0.2) is 0 Å². The Morgan fingerprint density at radius 1 is 1.29 bits per heavy atom. The molecule has 21 heavy (non-hydrogen) atoms. The van der Waals surface area contributed by atoms with Gasteiger partial charge in [-0.15, -0.1) is 0 Å². The lowest BCUT2D eigenvalue weighted by Gasteiger charge is -2.12. The Morgan fingerprint density at radius 2 is 2.05 bits per heavy atom. The minimum Gasteiger partial charge on any atom is -0.489 e. The molecule has 1 N–H and O–H groups in total. The topological polar surface area (TPSA) is 53.2 Å². The van der Waals surface area contributed by atoms with E-state index in [1.54, 1.807) is 25.1 Å². The predicted molar refractivity (Wildman–Crippen MR) is 77.3 cm³/mol. The van der Waals surface area contributed by atoms with Crippen molar-refractivity contribution < 1.29 is 14.2 Å². The molecule has 0 aromatic heterocycles. The minimum absolute atomic E-state index is 0.182. The predicted octanol–water partition coefficient (Wildman–Crippen LogP) is 3.64. The zero-order chi connectivity index (χ0) is 15.4. The molecular formula is C17H16FNO2. The molecule has 0 radical (unpaired) electrons. The number of aliphatic hydroxyl groups is 1. The fourth-order valence-electron chi connectivity index (χ4n) is 2.05. The second-order valence-electron chi connectivity index (χ2n) is 4.95. The van der Waals surface area contributed by atoms with Gasteiger partial charge in [-0.1, -0.05) is 6.07 Å². The number of halogens is 1. The highest BCUT2D eigenvalue weighted by Gasteiger charge is 2.06. The summed E-state index contributed by atoms with van der Waals surface area (Å²) in [5.41, 5.74) is 2.59. The van der Waals surface area contributed by atoms with Gasteiger partial charge >= 0.3 is 0 Å². The van der Waals surface area contributed by atoms with Gasteiger partial charge < -0.3 is 9.84 Å².